The molecular formula is C15H28F2N4O3Si2. The zero-order valence-electron chi connectivity index (χ0n) is 16.1. The Bertz CT molecular complexity index is 617. The molecule has 0 spiro atoms. The fourth-order valence-corrected chi connectivity index (χ4v) is 4.30. The number of nitrogens with two attached hydrogens (primary N) is 1. The number of halogens is 2. The number of alkyl halides is 2. The molecule has 1 fully saturated rings. The van der Waals surface area contributed by atoms with Crippen LogP contribution in [-0.2, 0) is 13.6 Å². The van der Waals surface area contributed by atoms with Crippen LogP contribution in [0.3, 0.4) is 0 Å². The molecule has 0 saturated carbocycles. The molecule has 2 aliphatic heterocycles. The van der Waals surface area contributed by atoms with Crippen molar-refractivity contribution in [2.75, 3.05) is 6.61 Å². The van der Waals surface area contributed by atoms with Gasteiger partial charge < -0.3 is 19.3 Å². The molecular weight excluding hydrogens is 378 g/mol. The lowest BCUT2D eigenvalue weighted by molar-refractivity contribution is -0.139. The minimum Gasteiger partial charge on any atom is -0.415 e. The van der Waals surface area contributed by atoms with Crippen LogP contribution in [0.15, 0.2) is 22.4 Å². The first kappa shape index (κ1) is 21.2. The first-order chi connectivity index (χ1) is 11.7. The van der Waals surface area contributed by atoms with E-state index in [1.54, 1.807) is 0 Å². The van der Waals surface area contributed by atoms with Gasteiger partial charge in [-0.3, -0.25) is 4.90 Å². The predicted octanol–water partition coefficient (Wildman–Crippen LogP) is 2.55. The number of rotatable bonds is 6. The lowest BCUT2D eigenvalue weighted by atomic mass is 10.1. The largest absolute Gasteiger partial charge is 0.415 e. The molecule has 148 valence electrons. The normalized spacial score (nSPS) is 29.2. The highest BCUT2D eigenvalue weighted by Gasteiger charge is 2.63. The van der Waals surface area contributed by atoms with Crippen LogP contribution < -0.4 is 5.73 Å². The molecule has 26 heavy (non-hydrogen) atoms. The third-order valence-electron chi connectivity index (χ3n) is 3.62. The third kappa shape index (κ3) is 4.97. The molecule has 0 aliphatic carbocycles. The van der Waals surface area contributed by atoms with Crippen molar-refractivity contribution >= 4 is 28.9 Å². The maximum Gasteiger partial charge on any atom is 0.319 e. The zero-order chi connectivity index (χ0) is 19.9. The second-order valence-electron chi connectivity index (χ2n) is 8.31. The number of guanidine groups is 1. The van der Waals surface area contributed by atoms with E-state index in [4.69, 9.17) is 19.3 Å². The maximum atomic E-state index is 15.2. The Balaban J connectivity index is 2.28. The van der Waals surface area contributed by atoms with Crippen molar-refractivity contribution in [2.24, 2.45) is 15.7 Å². The van der Waals surface area contributed by atoms with Crippen LogP contribution in [0.2, 0.25) is 39.3 Å². The summed E-state index contributed by atoms with van der Waals surface area (Å²) in [5.74, 6) is -3.30. The second kappa shape index (κ2) is 7.11. The smallest absolute Gasteiger partial charge is 0.319 e. The van der Waals surface area contributed by atoms with E-state index in [0.717, 1.165) is 11.2 Å². The molecule has 7 nitrogen and oxygen atoms in total. The molecule has 2 heterocycles. The average Bonchev–Trinajstić information content (AvgIpc) is 2.67. The molecule has 11 heteroatoms. The van der Waals surface area contributed by atoms with Crippen molar-refractivity contribution in [3.8, 4) is 0 Å². The number of nitrogens with zero attached hydrogens (tertiary/aromatic N) is 3. The fourth-order valence-electron chi connectivity index (χ4n) is 2.56. The molecule has 0 aromatic carbocycles. The highest BCUT2D eigenvalue weighted by atomic mass is 28.4. The van der Waals surface area contributed by atoms with Gasteiger partial charge in [-0.25, -0.2) is 4.99 Å². The topological polar surface area (TPSA) is 81.7 Å². The minimum atomic E-state index is -3.30. The maximum absolute atomic E-state index is 15.2. The van der Waals surface area contributed by atoms with Crippen molar-refractivity contribution in [1.82, 2.24) is 4.90 Å². The Labute approximate surface area is 155 Å². The third-order valence-corrected chi connectivity index (χ3v) is 5.61. The molecule has 1 unspecified atom stereocenters. The van der Waals surface area contributed by atoms with Gasteiger partial charge in [0.25, 0.3) is 0 Å². The molecule has 0 aromatic rings. The highest BCUT2D eigenvalue weighted by molar-refractivity contribution is 6.70. The van der Waals surface area contributed by atoms with Crippen molar-refractivity contribution in [3.05, 3.63) is 12.4 Å². The molecule has 0 amide bonds. The SMILES string of the molecule is C=C1N=C(N)N=CN1[C@@H]1O[C@H](CO[Si](C)(C)C)C(O[Si](C)(C)C)C1(F)F. The van der Waals surface area contributed by atoms with E-state index in [0.29, 0.717) is 0 Å². The fraction of sp³-hybridized carbons (Fsp3) is 0.733. The monoisotopic (exact) mass is 406 g/mol. The lowest BCUT2D eigenvalue weighted by Gasteiger charge is -2.33. The van der Waals surface area contributed by atoms with Crippen LogP contribution >= 0.6 is 0 Å². The van der Waals surface area contributed by atoms with E-state index in [-0.39, 0.29) is 18.4 Å². The second-order valence-corrected chi connectivity index (χ2v) is 17.3. The Hall–Kier alpha value is -1.15. The van der Waals surface area contributed by atoms with Gasteiger partial charge in [0.1, 0.15) is 24.4 Å². The summed E-state index contributed by atoms with van der Waals surface area (Å²) in [6.07, 6.45) is -2.79. The van der Waals surface area contributed by atoms with Crippen molar-refractivity contribution in [3.63, 3.8) is 0 Å². The summed E-state index contributed by atoms with van der Waals surface area (Å²) in [5.41, 5.74) is 5.49. The molecule has 2 N–H and O–H groups in total. The van der Waals surface area contributed by atoms with Crippen LogP contribution in [0.25, 0.3) is 0 Å². The van der Waals surface area contributed by atoms with Crippen molar-refractivity contribution < 1.29 is 22.4 Å². The number of ether oxygens (including phenoxy) is 1. The molecule has 0 radical (unpaired) electrons. The van der Waals surface area contributed by atoms with Crippen LogP contribution in [0.5, 0.6) is 0 Å². The summed E-state index contributed by atoms with van der Waals surface area (Å²) in [7, 11) is -4.17. The summed E-state index contributed by atoms with van der Waals surface area (Å²) < 4.78 is 47.8. The Morgan fingerprint density at radius 3 is 2.38 bits per heavy atom. The van der Waals surface area contributed by atoms with Crippen LogP contribution in [-0.4, -0.2) is 64.8 Å². The number of aliphatic imine (C=N–C) groups is 2. The summed E-state index contributed by atoms with van der Waals surface area (Å²) in [6.45, 7) is 15.3. The van der Waals surface area contributed by atoms with Gasteiger partial charge in [-0.2, -0.15) is 13.8 Å². The first-order valence-electron chi connectivity index (χ1n) is 8.41. The molecule has 1 saturated heterocycles. The standard InChI is InChI=1S/C15H28F2N4O3Si2/c1-10-20-14(18)19-9-21(10)13-15(16,17)12(24-26(5,6)7)11(23-13)8-22-25(2,3)4/h9,11-13H,1,8H2,2-7H3,(H2,18,20)/t11-,12?,13-/m1/s1. The highest BCUT2D eigenvalue weighted by Crippen LogP contribution is 2.42. The quantitative estimate of drug-likeness (QED) is 0.686. The van der Waals surface area contributed by atoms with Gasteiger partial charge in [-0.05, 0) is 39.3 Å². The minimum absolute atomic E-state index is 0.0407. The zero-order valence-corrected chi connectivity index (χ0v) is 18.1. The predicted molar refractivity (Wildman–Crippen MR) is 102 cm³/mol. The summed E-state index contributed by atoms with van der Waals surface area (Å²) in [4.78, 5) is 8.71. The molecule has 3 atom stereocenters. The molecule has 2 aliphatic rings. The molecule has 2 rings (SSSR count). The number of hydrogen-bond acceptors (Lipinski definition) is 7. The van der Waals surface area contributed by atoms with Gasteiger partial charge in [0.2, 0.25) is 12.2 Å². The van der Waals surface area contributed by atoms with Gasteiger partial charge >= 0.3 is 5.92 Å². The van der Waals surface area contributed by atoms with E-state index in [2.05, 4.69) is 16.6 Å². The lowest BCUT2D eigenvalue weighted by Crippen LogP contribution is -2.52. The van der Waals surface area contributed by atoms with Gasteiger partial charge in [0.05, 0.1) is 6.61 Å². The van der Waals surface area contributed by atoms with Gasteiger partial charge in [0, 0.05) is 0 Å². The molecule has 0 bridgehead atoms. The summed E-state index contributed by atoms with van der Waals surface area (Å²) >= 11 is 0. The van der Waals surface area contributed by atoms with Crippen LogP contribution in [0.1, 0.15) is 0 Å². The van der Waals surface area contributed by atoms with Gasteiger partial charge in [-0.15, -0.1) is 0 Å². The summed E-state index contributed by atoms with van der Waals surface area (Å²) in [5, 5.41) is 0. The van der Waals surface area contributed by atoms with Gasteiger partial charge in [0.15, 0.2) is 16.6 Å². The Kier molecular flexibility index (Phi) is 5.79. The van der Waals surface area contributed by atoms with Crippen LogP contribution in [0, 0.1) is 0 Å². The van der Waals surface area contributed by atoms with E-state index in [1.165, 1.54) is 0 Å². The Morgan fingerprint density at radius 1 is 1.27 bits per heavy atom. The molecule has 0 aromatic heterocycles. The van der Waals surface area contributed by atoms with E-state index >= 15 is 8.78 Å². The van der Waals surface area contributed by atoms with Crippen molar-refractivity contribution in [1.29, 1.82) is 0 Å². The van der Waals surface area contributed by atoms with E-state index in [9.17, 15) is 0 Å². The number of hydrogen-bond donors (Lipinski definition) is 1. The van der Waals surface area contributed by atoms with E-state index < -0.39 is 41.0 Å². The average molecular weight is 407 g/mol. The van der Waals surface area contributed by atoms with E-state index in [1.807, 2.05) is 39.3 Å². The summed E-state index contributed by atoms with van der Waals surface area (Å²) in [6, 6.07) is 0. The van der Waals surface area contributed by atoms with Crippen LogP contribution in [0.4, 0.5) is 8.78 Å². The Morgan fingerprint density at radius 2 is 1.88 bits per heavy atom. The first-order valence-corrected chi connectivity index (χ1v) is 15.2. The van der Waals surface area contributed by atoms with Crippen molar-refractivity contribution in [2.45, 2.75) is 63.6 Å². The van der Waals surface area contributed by atoms with Gasteiger partial charge in [-0.1, -0.05) is 6.58 Å².